The highest BCUT2D eigenvalue weighted by molar-refractivity contribution is 7.99. The molecule has 2 nitrogen and oxygen atoms in total. The van der Waals surface area contributed by atoms with Gasteiger partial charge in [0.15, 0.2) is 0 Å². The zero-order valence-corrected chi connectivity index (χ0v) is 13.2. The Morgan fingerprint density at radius 1 is 1.30 bits per heavy atom. The monoisotopic (exact) mass is 290 g/mol. The van der Waals surface area contributed by atoms with Crippen molar-refractivity contribution in [3.63, 3.8) is 0 Å². The Morgan fingerprint density at radius 2 is 2.15 bits per heavy atom. The van der Waals surface area contributed by atoms with Gasteiger partial charge in [0.1, 0.15) is 0 Å². The zero-order valence-electron chi connectivity index (χ0n) is 12.4. The first-order valence-electron chi connectivity index (χ1n) is 7.97. The van der Waals surface area contributed by atoms with Crippen LogP contribution in [0.5, 0.6) is 0 Å². The molecule has 1 aromatic rings. The van der Waals surface area contributed by atoms with Crippen LogP contribution in [-0.4, -0.2) is 42.1 Å². The molecule has 0 spiro atoms. The van der Waals surface area contributed by atoms with Gasteiger partial charge in [0, 0.05) is 31.7 Å². The fourth-order valence-corrected chi connectivity index (χ4v) is 4.69. The average Bonchev–Trinajstić information content (AvgIpc) is 3.01. The van der Waals surface area contributed by atoms with Crippen molar-refractivity contribution in [2.45, 2.75) is 31.8 Å². The Kier molecular flexibility index (Phi) is 5.03. The molecule has 3 unspecified atom stereocenters. The van der Waals surface area contributed by atoms with Crippen LogP contribution in [0.2, 0.25) is 0 Å². The first-order valence-corrected chi connectivity index (χ1v) is 9.12. The average molecular weight is 290 g/mol. The van der Waals surface area contributed by atoms with Crippen LogP contribution in [-0.2, 0) is 0 Å². The molecule has 2 fully saturated rings. The summed E-state index contributed by atoms with van der Waals surface area (Å²) in [5, 5.41) is 3.73. The van der Waals surface area contributed by atoms with Gasteiger partial charge in [-0.15, -0.1) is 0 Å². The molecular weight excluding hydrogens is 264 g/mol. The minimum atomic E-state index is 0.560. The van der Waals surface area contributed by atoms with Crippen molar-refractivity contribution in [3.8, 4) is 0 Å². The van der Waals surface area contributed by atoms with E-state index in [0.717, 1.165) is 12.5 Å². The predicted molar refractivity (Wildman–Crippen MR) is 88.3 cm³/mol. The number of hydrogen-bond donors (Lipinski definition) is 1. The molecule has 3 heteroatoms. The summed E-state index contributed by atoms with van der Waals surface area (Å²) < 4.78 is 0. The van der Waals surface area contributed by atoms with Crippen molar-refractivity contribution in [1.29, 1.82) is 0 Å². The topological polar surface area (TPSA) is 15.3 Å². The SMILES string of the molecule is CCC1CN(CC2CCSC2)C(c2ccccc2)CN1. The van der Waals surface area contributed by atoms with E-state index in [4.69, 9.17) is 0 Å². The Bertz CT molecular complexity index is 403. The molecule has 3 atom stereocenters. The molecule has 0 amide bonds. The molecule has 0 bridgehead atoms. The van der Waals surface area contributed by atoms with Crippen molar-refractivity contribution in [2.75, 3.05) is 31.1 Å². The van der Waals surface area contributed by atoms with E-state index in [2.05, 4.69) is 59.2 Å². The van der Waals surface area contributed by atoms with E-state index in [1.165, 1.54) is 43.0 Å². The molecule has 0 saturated carbocycles. The van der Waals surface area contributed by atoms with Gasteiger partial charge in [-0.3, -0.25) is 4.90 Å². The Labute approximate surface area is 127 Å². The Balaban J connectivity index is 1.72. The maximum atomic E-state index is 3.73. The maximum Gasteiger partial charge on any atom is 0.0473 e. The fourth-order valence-electron chi connectivity index (χ4n) is 3.42. The number of nitrogens with zero attached hydrogens (tertiary/aromatic N) is 1. The molecule has 2 heterocycles. The number of thioether (sulfide) groups is 1. The highest BCUT2D eigenvalue weighted by Gasteiger charge is 2.30. The van der Waals surface area contributed by atoms with Gasteiger partial charge in [-0.05, 0) is 35.8 Å². The van der Waals surface area contributed by atoms with E-state index in [-0.39, 0.29) is 0 Å². The summed E-state index contributed by atoms with van der Waals surface area (Å²) in [7, 11) is 0. The first-order chi connectivity index (χ1) is 9.86. The second-order valence-electron chi connectivity index (χ2n) is 6.12. The molecule has 2 aliphatic rings. The molecule has 0 aliphatic carbocycles. The molecule has 110 valence electrons. The fraction of sp³-hybridized carbons (Fsp3) is 0.647. The lowest BCUT2D eigenvalue weighted by atomic mass is 9.98. The van der Waals surface area contributed by atoms with Gasteiger partial charge in [-0.1, -0.05) is 37.3 Å². The molecule has 0 aromatic heterocycles. The molecule has 2 aliphatic heterocycles. The third-order valence-corrected chi connectivity index (χ3v) is 5.92. The second-order valence-corrected chi connectivity index (χ2v) is 7.27. The quantitative estimate of drug-likeness (QED) is 0.917. The number of nitrogens with one attached hydrogen (secondary N) is 1. The molecule has 20 heavy (non-hydrogen) atoms. The number of benzene rings is 1. The van der Waals surface area contributed by atoms with Crippen molar-refractivity contribution in [3.05, 3.63) is 35.9 Å². The third-order valence-electron chi connectivity index (χ3n) is 4.69. The minimum Gasteiger partial charge on any atom is -0.311 e. The van der Waals surface area contributed by atoms with E-state index in [1.54, 1.807) is 0 Å². The largest absolute Gasteiger partial charge is 0.311 e. The lowest BCUT2D eigenvalue weighted by Crippen LogP contribution is -2.53. The molecule has 0 radical (unpaired) electrons. The van der Waals surface area contributed by atoms with Crippen molar-refractivity contribution in [1.82, 2.24) is 10.2 Å². The van der Waals surface area contributed by atoms with Gasteiger partial charge in [-0.2, -0.15) is 11.8 Å². The molecule has 3 rings (SSSR count). The lowest BCUT2D eigenvalue weighted by Gasteiger charge is -2.41. The van der Waals surface area contributed by atoms with Gasteiger partial charge >= 0.3 is 0 Å². The van der Waals surface area contributed by atoms with Crippen LogP contribution in [0.15, 0.2) is 30.3 Å². The van der Waals surface area contributed by atoms with Gasteiger partial charge in [0.2, 0.25) is 0 Å². The summed E-state index contributed by atoms with van der Waals surface area (Å²) >= 11 is 2.13. The molecule has 1 aromatic carbocycles. The highest BCUT2D eigenvalue weighted by atomic mass is 32.2. The third kappa shape index (κ3) is 3.38. The standard InChI is InChI=1S/C17H26N2S/c1-2-16-12-19(11-14-8-9-20-13-14)17(10-18-16)15-6-4-3-5-7-15/h3-7,14,16-18H,2,8-13H2,1H3. The van der Waals surface area contributed by atoms with Crippen LogP contribution < -0.4 is 5.32 Å². The lowest BCUT2D eigenvalue weighted by molar-refractivity contribution is 0.112. The first kappa shape index (κ1) is 14.4. The normalized spacial score (nSPS) is 31.6. The predicted octanol–water partition coefficient (Wildman–Crippen LogP) is 3.16. The summed E-state index contributed by atoms with van der Waals surface area (Å²) in [6, 6.07) is 12.3. The van der Waals surface area contributed by atoms with Gasteiger partial charge < -0.3 is 5.32 Å². The van der Waals surface area contributed by atoms with Crippen LogP contribution in [0.1, 0.15) is 31.4 Å². The maximum absolute atomic E-state index is 3.73. The van der Waals surface area contributed by atoms with E-state index < -0.39 is 0 Å². The van der Waals surface area contributed by atoms with Crippen molar-refractivity contribution in [2.24, 2.45) is 5.92 Å². The second kappa shape index (κ2) is 6.97. The van der Waals surface area contributed by atoms with E-state index >= 15 is 0 Å². The number of hydrogen-bond acceptors (Lipinski definition) is 3. The Morgan fingerprint density at radius 3 is 2.85 bits per heavy atom. The van der Waals surface area contributed by atoms with Crippen LogP contribution in [0, 0.1) is 5.92 Å². The highest BCUT2D eigenvalue weighted by Crippen LogP contribution is 2.29. The molecule has 2 saturated heterocycles. The summed E-state index contributed by atoms with van der Waals surface area (Å²) in [5.41, 5.74) is 1.47. The van der Waals surface area contributed by atoms with E-state index in [9.17, 15) is 0 Å². The summed E-state index contributed by atoms with van der Waals surface area (Å²) in [4.78, 5) is 2.75. The molecular formula is C17H26N2S. The van der Waals surface area contributed by atoms with Crippen LogP contribution in [0.3, 0.4) is 0 Å². The summed E-state index contributed by atoms with van der Waals surface area (Å²) in [6.07, 6.45) is 2.64. The zero-order chi connectivity index (χ0) is 13.8. The smallest absolute Gasteiger partial charge is 0.0473 e. The van der Waals surface area contributed by atoms with Gasteiger partial charge in [0.05, 0.1) is 0 Å². The van der Waals surface area contributed by atoms with Gasteiger partial charge in [0.25, 0.3) is 0 Å². The summed E-state index contributed by atoms with van der Waals surface area (Å²) in [5.74, 6) is 3.63. The van der Waals surface area contributed by atoms with Crippen molar-refractivity contribution < 1.29 is 0 Å². The van der Waals surface area contributed by atoms with Crippen molar-refractivity contribution >= 4 is 11.8 Å². The van der Waals surface area contributed by atoms with Crippen LogP contribution in [0.25, 0.3) is 0 Å². The van der Waals surface area contributed by atoms with E-state index in [0.29, 0.717) is 12.1 Å². The van der Waals surface area contributed by atoms with Crippen LogP contribution >= 0.6 is 11.8 Å². The summed E-state index contributed by atoms with van der Waals surface area (Å²) in [6.45, 7) is 5.88. The Hall–Kier alpha value is -0.510. The minimum absolute atomic E-state index is 0.560. The number of rotatable bonds is 4. The number of piperazine rings is 1. The molecule has 1 N–H and O–H groups in total. The van der Waals surface area contributed by atoms with Crippen LogP contribution in [0.4, 0.5) is 0 Å². The van der Waals surface area contributed by atoms with E-state index in [1.807, 2.05) is 0 Å². The van der Waals surface area contributed by atoms with Gasteiger partial charge in [-0.25, -0.2) is 0 Å².